The van der Waals surface area contributed by atoms with Crippen LogP contribution in [-0.4, -0.2) is 23.6 Å². The summed E-state index contributed by atoms with van der Waals surface area (Å²) in [4.78, 5) is 12.1. The molecule has 1 aromatic carbocycles. The quantitative estimate of drug-likeness (QED) is 0.789. The number of hydrogen-bond acceptors (Lipinski definition) is 3. The predicted molar refractivity (Wildman–Crippen MR) is 82.3 cm³/mol. The lowest BCUT2D eigenvalue weighted by atomic mass is 9.77. The molecule has 0 unspecified atom stereocenters. The molecule has 1 amide bonds. The lowest BCUT2D eigenvalue weighted by Gasteiger charge is -2.39. The van der Waals surface area contributed by atoms with E-state index in [0.29, 0.717) is 17.5 Å². The number of halogens is 1. The van der Waals surface area contributed by atoms with E-state index in [1.807, 2.05) is 0 Å². The van der Waals surface area contributed by atoms with E-state index in [1.54, 1.807) is 19.2 Å². The van der Waals surface area contributed by atoms with Gasteiger partial charge in [0.05, 0.1) is 12.0 Å². The lowest BCUT2D eigenvalue weighted by molar-refractivity contribution is -0.134. The third-order valence-corrected chi connectivity index (χ3v) is 4.23. The molecule has 0 saturated heterocycles. The number of ether oxygens (including phenoxy) is 1. The Labute approximate surface area is 128 Å². The third-order valence-electron chi connectivity index (χ3n) is 3.99. The third kappa shape index (κ3) is 3.77. The van der Waals surface area contributed by atoms with Gasteiger partial charge in [-0.15, -0.1) is 0 Å². The maximum absolute atomic E-state index is 13.9. The Kier molecular flexibility index (Phi) is 4.90. The highest BCUT2D eigenvalue weighted by atomic mass is 32.1. The number of amides is 1. The first-order chi connectivity index (χ1) is 9.96. The molecule has 0 bridgehead atoms. The predicted octanol–water partition coefficient (Wildman–Crippen LogP) is 2.04. The molecule has 1 aliphatic carbocycles. The molecular weight excluding hydrogens is 291 g/mol. The van der Waals surface area contributed by atoms with Crippen molar-refractivity contribution in [1.29, 1.82) is 0 Å². The van der Waals surface area contributed by atoms with E-state index in [-0.39, 0.29) is 23.0 Å². The van der Waals surface area contributed by atoms with Crippen molar-refractivity contribution >= 4 is 23.1 Å². The second-order valence-corrected chi connectivity index (χ2v) is 5.80. The summed E-state index contributed by atoms with van der Waals surface area (Å²) in [6, 6.07) is 4.52. The van der Waals surface area contributed by atoms with Crippen LogP contribution in [0.5, 0.6) is 0 Å². The summed E-state index contributed by atoms with van der Waals surface area (Å²) >= 11 is 4.79. The number of carbonyl (C=O) groups excluding carboxylic acids is 1. The van der Waals surface area contributed by atoms with Crippen molar-refractivity contribution in [2.75, 3.05) is 7.11 Å². The van der Waals surface area contributed by atoms with Gasteiger partial charge in [0, 0.05) is 24.8 Å². The highest BCUT2D eigenvalue weighted by Crippen LogP contribution is 2.37. The van der Waals surface area contributed by atoms with Crippen molar-refractivity contribution in [3.63, 3.8) is 0 Å². The Morgan fingerprint density at radius 3 is 2.71 bits per heavy atom. The van der Waals surface area contributed by atoms with Crippen LogP contribution in [0.4, 0.5) is 4.39 Å². The molecule has 0 atom stereocenters. The van der Waals surface area contributed by atoms with Gasteiger partial charge in [0.15, 0.2) is 0 Å². The number of hydrogen-bond donors (Lipinski definition) is 2. The van der Waals surface area contributed by atoms with Crippen LogP contribution in [0.1, 0.15) is 36.8 Å². The molecule has 2 rings (SSSR count). The Morgan fingerprint density at radius 1 is 1.52 bits per heavy atom. The summed E-state index contributed by atoms with van der Waals surface area (Å²) in [7, 11) is 1.63. The van der Waals surface area contributed by atoms with Gasteiger partial charge in [-0.25, -0.2) is 4.39 Å². The molecule has 1 aliphatic rings. The molecule has 1 saturated carbocycles. The van der Waals surface area contributed by atoms with E-state index >= 15 is 0 Å². The van der Waals surface area contributed by atoms with Crippen LogP contribution in [0.15, 0.2) is 18.2 Å². The van der Waals surface area contributed by atoms with Crippen molar-refractivity contribution in [3.05, 3.63) is 35.1 Å². The van der Waals surface area contributed by atoms with E-state index in [2.05, 4.69) is 5.32 Å². The Hall–Kier alpha value is -1.53. The smallest absolute Gasteiger partial charge is 0.223 e. The topological polar surface area (TPSA) is 64.3 Å². The SMILES string of the molecule is COC1(CC(=O)NCc2ccc(C(N)=S)cc2F)CCC1. The van der Waals surface area contributed by atoms with Crippen LogP contribution in [0.25, 0.3) is 0 Å². The Morgan fingerprint density at radius 2 is 2.24 bits per heavy atom. The summed E-state index contributed by atoms with van der Waals surface area (Å²) in [5.41, 5.74) is 6.00. The molecule has 0 aromatic heterocycles. The zero-order valence-electron chi connectivity index (χ0n) is 11.9. The Balaban J connectivity index is 1.91. The molecule has 114 valence electrons. The zero-order chi connectivity index (χ0) is 15.5. The second-order valence-electron chi connectivity index (χ2n) is 5.36. The first-order valence-corrected chi connectivity index (χ1v) is 7.27. The normalized spacial score (nSPS) is 16.1. The van der Waals surface area contributed by atoms with Gasteiger partial charge in [0.1, 0.15) is 10.8 Å². The fourth-order valence-electron chi connectivity index (χ4n) is 2.42. The monoisotopic (exact) mass is 310 g/mol. The van der Waals surface area contributed by atoms with Crippen molar-refractivity contribution in [2.45, 2.75) is 37.8 Å². The van der Waals surface area contributed by atoms with E-state index < -0.39 is 5.82 Å². The van der Waals surface area contributed by atoms with E-state index in [1.165, 1.54) is 6.07 Å². The molecule has 0 radical (unpaired) electrons. The molecule has 0 heterocycles. The van der Waals surface area contributed by atoms with Crippen molar-refractivity contribution in [1.82, 2.24) is 5.32 Å². The minimum atomic E-state index is -0.425. The minimum Gasteiger partial charge on any atom is -0.389 e. The number of carbonyl (C=O) groups is 1. The number of methoxy groups -OCH3 is 1. The highest BCUT2D eigenvalue weighted by Gasteiger charge is 2.38. The maximum atomic E-state index is 13.9. The van der Waals surface area contributed by atoms with Gasteiger partial charge in [-0.05, 0) is 25.3 Å². The van der Waals surface area contributed by atoms with Gasteiger partial charge < -0.3 is 15.8 Å². The van der Waals surface area contributed by atoms with Gasteiger partial charge in [0.25, 0.3) is 0 Å². The van der Waals surface area contributed by atoms with Crippen LogP contribution in [0.3, 0.4) is 0 Å². The maximum Gasteiger partial charge on any atom is 0.223 e. The first-order valence-electron chi connectivity index (χ1n) is 6.86. The van der Waals surface area contributed by atoms with Gasteiger partial charge in [0.2, 0.25) is 5.91 Å². The van der Waals surface area contributed by atoms with Crippen LogP contribution >= 0.6 is 12.2 Å². The van der Waals surface area contributed by atoms with Crippen LogP contribution < -0.4 is 11.1 Å². The largest absolute Gasteiger partial charge is 0.389 e. The van der Waals surface area contributed by atoms with Crippen LogP contribution in [-0.2, 0) is 16.1 Å². The van der Waals surface area contributed by atoms with E-state index in [9.17, 15) is 9.18 Å². The molecule has 0 spiro atoms. The standard InChI is InChI=1S/C15H19FN2O2S/c1-20-15(5-2-6-15)8-13(19)18-9-11-4-3-10(14(17)21)7-12(11)16/h3-4,7H,2,5-6,8-9H2,1H3,(H2,17,21)(H,18,19). The number of nitrogens with one attached hydrogen (secondary N) is 1. The second kappa shape index (κ2) is 6.49. The molecule has 0 aliphatic heterocycles. The van der Waals surface area contributed by atoms with Crippen molar-refractivity contribution in [3.8, 4) is 0 Å². The Bertz CT molecular complexity index is 553. The summed E-state index contributed by atoms with van der Waals surface area (Å²) in [5, 5.41) is 2.72. The van der Waals surface area contributed by atoms with Crippen LogP contribution in [0, 0.1) is 5.82 Å². The number of thiocarbonyl (C=S) groups is 1. The van der Waals surface area contributed by atoms with Crippen LogP contribution in [0.2, 0.25) is 0 Å². The van der Waals surface area contributed by atoms with Crippen molar-refractivity contribution < 1.29 is 13.9 Å². The number of nitrogens with two attached hydrogens (primary N) is 1. The van der Waals surface area contributed by atoms with Gasteiger partial charge in [-0.3, -0.25) is 4.79 Å². The summed E-state index contributed by atoms with van der Waals surface area (Å²) in [5.74, 6) is -0.555. The molecular formula is C15H19FN2O2S. The van der Waals surface area contributed by atoms with Crippen molar-refractivity contribution in [2.24, 2.45) is 5.73 Å². The fraction of sp³-hybridized carbons (Fsp3) is 0.467. The van der Waals surface area contributed by atoms with E-state index in [4.69, 9.17) is 22.7 Å². The summed E-state index contributed by atoms with van der Waals surface area (Å²) < 4.78 is 19.3. The molecule has 6 heteroatoms. The highest BCUT2D eigenvalue weighted by molar-refractivity contribution is 7.80. The number of rotatable bonds is 6. The molecule has 3 N–H and O–H groups in total. The molecule has 4 nitrogen and oxygen atoms in total. The summed E-state index contributed by atoms with van der Waals surface area (Å²) in [6.45, 7) is 0.141. The summed E-state index contributed by atoms with van der Waals surface area (Å²) in [6.07, 6.45) is 3.19. The average Bonchev–Trinajstić information content (AvgIpc) is 2.41. The fourth-order valence-corrected chi connectivity index (χ4v) is 2.54. The van der Waals surface area contributed by atoms with E-state index in [0.717, 1.165) is 19.3 Å². The molecule has 21 heavy (non-hydrogen) atoms. The molecule has 1 fully saturated rings. The molecule has 1 aromatic rings. The minimum absolute atomic E-state index is 0.130. The number of benzene rings is 1. The van der Waals surface area contributed by atoms with Gasteiger partial charge in [-0.1, -0.05) is 24.4 Å². The first kappa shape index (κ1) is 15.9. The van der Waals surface area contributed by atoms with Gasteiger partial charge >= 0.3 is 0 Å². The zero-order valence-corrected chi connectivity index (χ0v) is 12.8. The lowest BCUT2D eigenvalue weighted by Crippen LogP contribution is -2.43. The average molecular weight is 310 g/mol. The van der Waals surface area contributed by atoms with Gasteiger partial charge in [-0.2, -0.15) is 0 Å².